The molecule has 0 aliphatic carbocycles. The van der Waals surface area contributed by atoms with Crippen molar-refractivity contribution in [3.63, 3.8) is 0 Å². The number of amides is 1. The van der Waals surface area contributed by atoms with E-state index in [2.05, 4.69) is 26.0 Å². The molecule has 1 atom stereocenters. The topological polar surface area (TPSA) is 47.6 Å². The number of carbonyl (C=O) groups excluding carboxylic acids is 1. The summed E-state index contributed by atoms with van der Waals surface area (Å²) in [5.74, 6) is -0.342. The molecule has 1 aliphatic rings. The van der Waals surface area contributed by atoms with Crippen molar-refractivity contribution >= 4 is 34.4 Å². The van der Waals surface area contributed by atoms with E-state index in [0.717, 1.165) is 0 Å². The fraction of sp³-hybridized carbons (Fsp3) is 0.462. The fourth-order valence-corrected chi connectivity index (χ4v) is 2.53. The van der Waals surface area contributed by atoms with Gasteiger partial charge in [-0.1, -0.05) is 29.8 Å². The van der Waals surface area contributed by atoms with E-state index in [1.807, 2.05) is 0 Å². The molecule has 0 radical (unpaired) electrons. The number of hydrogen-bond donors (Lipinski definition) is 1. The number of cyclic esters (lactones) is 1. The van der Waals surface area contributed by atoms with Gasteiger partial charge >= 0.3 is 12.5 Å². The third-order valence-corrected chi connectivity index (χ3v) is 3.62. The van der Waals surface area contributed by atoms with Crippen LogP contribution in [0, 0.1) is 5.41 Å². The van der Waals surface area contributed by atoms with Gasteiger partial charge in [0.2, 0.25) is 0 Å². The van der Waals surface area contributed by atoms with Crippen LogP contribution in [-0.4, -0.2) is 19.1 Å². The van der Waals surface area contributed by atoms with Crippen LogP contribution >= 0.6 is 28.3 Å². The van der Waals surface area contributed by atoms with Gasteiger partial charge in [0.1, 0.15) is 12.4 Å². The molecule has 1 N–H and O–H groups in total. The maximum absolute atomic E-state index is 12.5. The number of carbonyl (C=O) groups is 1. The molecular formula is C13H14BrClF3NO3. The molecule has 0 bridgehead atoms. The predicted octanol–water partition coefficient (Wildman–Crippen LogP) is 4.58. The van der Waals surface area contributed by atoms with Crippen LogP contribution in [0.4, 0.5) is 18.0 Å². The second-order valence-corrected chi connectivity index (χ2v) is 6.29. The van der Waals surface area contributed by atoms with Crippen molar-refractivity contribution in [2.75, 3.05) is 6.61 Å². The molecule has 2 rings (SSSR count). The lowest BCUT2D eigenvalue weighted by molar-refractivity contribution is -0.275. The van der Waals surface area contributed by atoms with Crippen LogP contribution in [0.3, 0.4) is 0 Å². The van der Waals surface area contributed by atoms with Crippen molar-refractivity contribution < 1.29 is 27.4 Å². The number of alkyl carbamates (subject to hydrolysis) is 1. The molecule has 0 spiro atoms. The van der Waals surface area contributed by atoms with Crippen molar-refractivity contribution in [1.29, 1.82) is 0 Å². The molecule has 4 nitrogen and oxygen atoms in total. The molecule has 124 valence electrons. The summed E-state index contributed by atoms with van der Waals surface area (Å²) in [6, 6.07) is 3.50. The first-order valence-corrected chi connectivity index (χ1v) is 6.86. The van der Waals surface area contributed by atoms with Crippen LogP contribution in [0.25, 0.3) is 0 Å². The first-order chi connectivity index (χ1) is 9.58. The van der Waals surface area contributed by atoms with E-state index < -0.39 is 23.9 Å². The average Bonchev–Trinajstić information content (AvgIpc) is 2.33. The summed E-state index contributed by atoms with van der Waals surface area (Å²) in [7, 11) is 0. The van der Waals surface area contributed by atoms with Gasteiger partial charge in [0.25, 0.3) is 0 Å². The van der Waals surface area contributed by atoms with Crippen molar-refractivity contribution in [2.45, 2.75) is 26.3 Å². The van der Waals surface area contributed by atoms with E-state index in [1.165, 1.54) is 18.2 Å². The number of ether oxygens (including phenoxy) is 2. The minimum Gasteiger partial charge on any atom is -0.449 e. The minimum absolute atomic E-state index is 0. The standard InChI is InChI=1S/C13H13BrF3NO3.ClH/c1-12(2)6-20-11(19)18-10(12)8-5-7(14)3-4-9(8)21-13(15,16)17;/h3-5,10H,6H2,1-2H3,(H,18,19);1H/t10-;/m1./s1. The van der Waals surface area contributed by atoms with Gasteiger partial charge in [-0.2, -0.15) is 0 Å². The Morgan fingerprint density at radius 3 is 2.64 bits per heavy atom. The molecule has 22 heavy (non-hydrogen) atoms. The molecule has 1 aliphatic heterocycles. The number of alkyl halides is 3. The summed E-state index contributed by atoms with van der Waals surface area (Å²) in [4.78, 5) is 11.4. The first kappa shape index (κ1) is 18.9. The van der Waals surface area contributed by atoms with Gasteiger partial charge in [-0.15, -0.1) is 25.6 Å². The van der Waals surface area contributed by atoms with E-state index in [9.17, 15) is 18.0 Å². The largest absolute Gasteiger partial charge is 0.573 e. The van der Waals surface area contributed by atoms with E-state index >= 15 is 0 Å². The molecule has 9 heteroatoms. The zero-order chi connectivity index (χ0) is 15.8. The van der Waals surface area contributed by atoms with E-state index in [-0.39, 0.29) is 30.3 Å². The Bertz CT molecular complexity index is 566. The highest BCUT2D eigenvalue weighted by molar-refractivity contribution is 9.10. The lowest BCUT2D eigenvalue weighted by Gasteiger charge is -2.39. The molecule has 1 amide bonds. The first-order valence-electron chi connectivity index (χ1n) is 6.07. The molecule has 0 aromatic heterocycles. The number of hydrogen-bond acceptors (Lipinski definition) is 3. The highest BCUT2D eigenvalue weighted by Gasteiger charge is 2.41. The average molecular weight is 405 g/mol. The predicted molar refractivity (Wildman–Crippen MR) is 79.1 cm³/mol. The molecule has 1 fully saturated rings. The Kier molecular flexibility index (Phi) is 5.61. The molecule has 0 saturated carbocycles. The Balaban J connectivity index is 0.00000242. The summed E-state index contributed by atoms with van der Waals surface area (Å²) in [6.45, 7) is 3.67. The molecule has 1 aromatic carbocycles. The monoisotopic (exact) mass is 403 g/mol. The number of rotatable bonds is 2. The SMILES string of the molecule is CC1(C)COC(=O)N[C@@H]1c1cc(Br)ccc1OC(F)(F)F.Cl. The lowest BCUT2D eigenvalue weighted by Crippen LogP contribution is -2.47. The summed E-state index contributed by atoms with van der Waals surface area (Å²) in [6.07, 6.45) is -5.47. The van der Waals surface area contributed by atoms with Crippen LogP contribution in [-0.2, 0) is 4.74 Å². The van der Waals surface area contributed by atoms with Gasteiger partial charge in [-0.3, -0.25) is 0 Å². The molecule has 0 unspecified atom stereocenters. The van der Waals surface area contributed by atoms with Gasteiger partial charge in [-0.25, -0.2) is 4.79 Å². The maximum atomic E-state index is 12.5. The molecule has 1 aromatic rings. The third kappa shape index (κ3) is 4.42. The maximum Gasteiger partial charge on any atom is 0.573 e. The quantitative estimate of drug-likeness (QED) is 0.785. The second kappa shape index (κ2) is 6.54. The van der Waals surface area contributed by atoms with Crippen LogP contribution in [0.15, 0.2) is 22.7 Å². The van der Waals surface area contributed by atoms with Crippen LogP contribution in [0.5, 0.6) is 5.75 Å². The highest BCUT2D eigenvalue weighted by atomic mass is 79.9. The normalized spacial score (nSPS) is 20.5. The van der Waals surface area contributed by atoms with Gasteiger partial charge < -0.3 is 14.8 Å². The highest BCUT2D eigenvalue weighted by Crippen LogP contribution is 2.42. The van der Waals surface area contributed by atoms with E-state index in [4.69, 9.17) is 4.74 Å². The van der Waals surface area contributed by atoms with Crippen molar-refractivity contribution in [3.05, 3.63) is 28.2 Å². The molecule has 1 heterocycles. The van der Waals surface area contributed by atoms with E-state index in [1.54, 1.807) is 13.8 Å². The zero-order valence-corrected chi connectivity index (χ0v) is 14.1. The van der Waals surface area contributed by atoms with Crippen LogP contribution in [0.2, 0.25) is 0 Å². The Morgan fingerprint density at radius 2 is 2.05 bits per heavy atom. The Hall–Kier alpha value is -1.15. The van der Waals surface area contributed by atoms with Gasteiger partial charge in [0.15, 0.2) is 0 Å². The minimum atomic E-state index is -4.80. The number of nitrogens with one attached hydrogen (secondary N) is 1. The third-order valence-electron chi connectivity index (χ3n) is 3.13. The smallest absolute Gasteiger partial charge is 0.449 e. The molecular weight excluding hydrogens is 390 g/mol. The van der Waals surface area contributed by atoms with Crippen LogP contribution in [0.1, 0.15) is 25.5 Å². The van der Waals surface area contributed by atoms with Crippen molar-refractivity contribution in [2.24, 2.45) is 5.41 Å². The zero-order valence-electron chi connectivity index (χ0n) is 11.7. The number of benzene rings is 1. The Labute approximate surface area is 139 Å². The van der Waals surface area contributed by atoms with Crippen molar-refractivity contribution in [1.82, 2.24) is 5.32 Å². The summed E-state index contributed by atoms with van der Waals surface area (Å²) < 4.78 is 47.1. The summed E-state index contributed by atoms with van der Waals surface area (Å²) in [5.41, 5.74) is -0.346. The van der Waals surface area contributed by atoms with Gasteiger partial charge in [0.05, 0.1) is 6.04 Å². The molecule has 1 saturated heterocycles. The van der Waals surface area contributed by atoms with Crippen LogP contribution < -0.4 is 10.1 Å². The fourth-order valence-electron chi connectivity index (χ4n) is 2.15. The van der Waals surface area contributed by atoms with Gasteiger partial charge in [-0.05, 0) is 18.2 Å². The number of halogens is 5. The second-order valence-electron chi connectivity index (χ2n) is 5.37. The Morgan fingerprint density at radius 1 is 1.41 bits per heavy atom. The summed E-state index contributed by atoms with van der Waals surface area (Å²) >= 11 is 3.21. The van der Waals surface area contributed by atoms with E-state index in [0.29, 0.717) is 4.47 Å². The van der Waals surface area contributed by atoms with Gasteiger partial charge in [0, 0.05) is 15.5 Å². The summed E-state index contributed by atoms with van der Waals surface area (Å²) in [5, 5.41) is 2.55. The lowest BCUT2D eigenvalue weighted by atomic mass is 9.80. The van der Waals surface area contributed by atoms with Crippen molar-refractivity contribution in [3.8, 4) is 5.75 Å².